The maximum absolute atomic E-state index is 5.39. The molecule has 1 aliphatic rings. The number of nitrogens with zero attached hydrogens (tertiary/aromatic N) is 3. The van der Waals surface area contributed by atoms with Gasteiger partial charge in [0.25, 0.3) is 0 Å². The second-order valence-electron chi connectivity index (χ2n) is 5.69. The second kappa shape index (κ2) is 5.91. The second-order valence-corrected chi connectivity index (χ2v) is 5.69. The topological polar surface area (TPSA) is 30.3 Å². The molecular weight excluding hydrogens is 274 g/mol. The van der Waals surface area contributed by atoms with E-state index in [9.17, 15) is 0 Å². The molecule has 3 aromatic rings. The van der Waals surface area contributed by atoms with E-state index in [1.165, 1.54) is 10.9 Å². The van der Waals surface area contributed by atoms with E-state index in [0.29, 0.717) is 0 Å². The summed E-state index contributed by atoms with van der Waals surface area (Å²) in [6.45, 7) is 4.72. The third kappa shape index (κ3) is 2.75. The molecule has 4 nitrogen and oxygen atoms in total. The first-order valence-electron chi connectivity index (χ1n) is 7.72. The summed E-state index contributed by atoms with van der Waals surface area (Å²) in [7, 11) is 0. The van der Waals surface area contributed by atoms with Crippen LogP contribution in [0, 0.1) is 0 Å². The summed E-state index contributed by atoms with van der Waals surface area (Å²) in [4.78, 5) is 2.43. The summed E-state index contributed by atoms with van der Waals surface area (Å²) in [5.74, 6) is 0. The predicted molar refractivity (Wildman–Crippen MR) is 87.2 cm³/mol. The fourth-order valence-electron chi connectivity index (χ4n) is 2.87. The van der Waals surface area contributed by atoms with Crippen LogP contribution in [0.4, 0.5) is 0 Å². The van der Waals surface area contributed by atoms with E-state index in [4.69, 9.17) is 4.74 Å². The minimum absolute atomic E-state index is 0.845. The van der Waals surface area contributed by atoms with Gasteiger partial charge in [0.1, 0.15) is 0 Å². The van der Waals surface area contributed by atoms with Gasteiger partial charge in [-0.05, 0) is 23.8 Å². The van der Waals surface area contributed by atoms with E-state index in [-0.39, 0.29) is 0 Å². The maximum Gasteiger partial charge on any atom is 0.0927 e. The van der Waals surface area contributed by atoms with E-state index in [0.717, 1.165) is 44.1 Å². The Morgan fingerprint density at radius 3 is 2.50 bits per heavy atom. The molecule has 0 aliphatic carbocycles. The maximum atomic E-state index is 5.39. The first kappa shape index (κ1) is 13.5. The van der Waals surface area contributed by atoms with Crippen molar-refractivity contribution in [3.05, 3.63) is 60.3 Å². The molecule has 0 atom stereocenters. The van der Waals surface area contributed by atoms with E-state index in [1.807, 2.05) is 22.9 Å². The van der Waals surface area contributed by atoms with Crippen molar-refractivity contribution in [2.24, 2.45) is 0 Å². The lowest BCUT2D eigenvalue weighted by Gasteiger charge is -2.26. The predicted octanol–water partition coefficient (Wildman–Crippen LogP) is 2.86. The molecular formula is C18H19N3O. The van der Waals surface area contributed by atoms with Gasteiger partial charge in [-0.1, -0.05) is 30.3 Å². The average Bonchev–Trinajstić information content (AvgIpc) is 3.00. The number of rotatable bonds is 3. The molecule has 0 unspecified atom stereocenters. The molecule has 2 aromatic carbocycles. The van der Waals surface area contributed by atoms with Gasteiger partial charge in [-0.2, -0.15) is 5.10 Å². The van der Waals surface area contributed by atoms with Crippen molar-refractivity contribution in [2.45, 2.75) is 6.54 Å². The van der Waals surface area contributed by atoms with Gasteiger partial charge in [0.05, 0.1) is 24.4 Å². The number of ether oxygens (including phenoxy) is 1. The van der Waals surface area contributed by atoms with Crippen molar-refractivity contribution in [1.29, 1.82) is 0 Å². The van der Waals surface area contributed by atoms with Crippen LogP contribution in [0.2, 0.25) is 0 Å². The van der Waals surface area contributed by atoms with Crippen molar-refractivity contribution in [3.8, 4) is 5.69 Å². The van der Waals surface area contributed by atoms with Crippen molar-refractivity contribution < 1.29 is 4.74 Å². The van der Waals surface area contributed by atoms with Crippen LogP contribution in [0.3, 0.4) is 0 Å². The molecule has 0 spiro atoms. The molecule has 1 saturated heterocycles. The zero-order valence-electron chi connectivity index (χ0n) is 12.5. The summed E-state index contributed by atoms with van der Waals surface area (Å²) in [5, 5.41) is 5.78. The van der Waals surface area contributed by atoms with Crippen molar-refractivity contribution in [1.82, 2.24) is 14.7 Å². The minimum atomic E-state index is 0.845. The summed E-state index contributed by atoms with van der Waals surface area (Å²) in [5.41, 5.74) is 3.46. The summed E-state index contributed by atoms with van der Waals surface area (Å²) in [6, 6.07) is 16.9. The highest BCUT2D eigenvalue weighted by Crippen LogP contribution is 2.16. The molecule has 0 amide bonds. The standard InChI is InChI=1S/C18H19N3O/c1-2-4-18-16(3-1)14-21(19-18)17-7-5-15(6-8-17)13-20-9-11-22-12-10-20/h1-8,14H,9-13H2. The lowest BCUT2D eigenvalue weighted by atomic mass is 10.2. The molecule has 112 valence electrons. The molecule has 0 saturated carbocycles. The average molecular weight is 293 g/mol. The fraction of sp³-hybridized carbons (Fsp3) is 0.278. The molecule has 0 bridgehead atoms. The monoisotopic (exact) mass is 293 g/mol. The Morgan fingerprint density at radius 1 is 0.955 bits per heavy atom. The quantitative estimate of drug-likeness (QED) is 0.744. The van der Waals surface area contributed by atoms with Crippen LogP contribution in [0.25, 0.3) is 16.6 Å². The fourth-order valence-corrected chi connectivity index (χ4v) is 2.87. The SMILES string of the molecule is c1ccc2nn(-c3ccc(CN4CCOCC4)cc3)cc2c1. The highest BCUT2D eigenvalue weighted by molar-refractivity contribution is 5.78. The van der Waals surface area contributed by atoms with E-state index in [1.54, 1.807) is 0 Å². The lowest BCUT2D eigenvalue weighted by molar-refractivity contribution is 0.0342. The summed E-state index contributed by atoms with van der Waals surface area (Å²) in [6.07, 6.45) is 2.08. The largest absolute Gasteiger partial charge is 0.379 e. The number of fused-ring (bicyclic) bond motifs is 1. The van der Waals surface area contributed by atoms with Gasteiger partial charge < -0.3 is 4.74 Å². The van der Waals surface area contributed by atoms with Gasteiger partial charge >= 0.3 is 0 Å². The number of benzene rings is 2. The van der Waals surface area contributed by atoms with Crippen LogP contribution < -0.4 is 0 Å². The Labute approximate surface area is 129 Å². The Bertz CT molecular complexity index is 724. The van der Waals surface area contributed by atoms with Gasteiger partial charge in [-0.25, -0.2) is 4.68 Å². The van der Waals surface area contributed by atoms with Crippen LogP contribution >= 0.6 is 0 Å². The van der Waals surface area contributed by atoms with Gasteiger partial charge in [-0.3, -0.25) is 4.90 Å². The molecule has 2 heterocycles. The van der Waals surface area contributed by atoms with E-state index >= 15 is 0 Å². The van der Waals surface area contributed by atoms with Crippen LogP contribution in [0.1, 0.15) is 5.56 Å². The van der Waals surface area contributed by atoms with Crippen LogP contribution in [-0.4, -0.2) is 41.0 Å². The first-order valence-corrected chi connectivity index (χ1v) is 7.72. The smallest absolute Gasteiger partial charge is 0.0927 e. The molecule has 4 rings (SSSR count). The van der Waals surface area contributed by atoms with Crippen molar-refractivity contribution in [2.75, 3.05) is 26.3 Å². The van der Waals surface area contributed by atoms with Gasteiger partial charge in [0, 0.05) is 31.2 Å². The van der Waals surface area contributed by atoms with Crippen LogP contribution in [0.5, 0.6) is 0 Å². The number of hydrogen-bond donors (Lipinski definition) is 0. The molecule has 22 heavy (non-hydrogen) atoms. The van der Waals surface area contributed by atoms with Crippen LogP contribution in [0.15, 0.2) is 54.7 Å². The highest BCUT2D eigenvalue weighted by atomic mass is 16.5. The van der Waals surface area contributed by atoms with Crippen molar-refractivity contribution in [3.63, 3.8) is 0 Å². The van der Waals surface area contributed by atoms with Crippen molar-refractivity contribution >= 4 is 10.9 Å². The first-order chi connectivity index (χ1) is 10.9. The van der Waals surface area contributed by atoms with Crippen LogP contribution in [-0.2, 0) is 11.3 Å². The third-order valence-electron chi connectivity index (χ3n) is 4.12. The zero-order valence-corrected chi connectivity index (χ0v) is 12.5. The molecule has 0 radical (unpaired) electrons. The number of aromatic nitrogens is 2. The zero-order chi connectivity index (χ0) is 14.8. The summed E-state index contributed by atoms with van der Waals surface area (Å²) < 4.78 is 7.34. The van der Waals surface area contributed by atoms with E-state index < -0.39 is 0 Å². The van der Waals surface area contributed by atoms with Gasteiger partial charge in [-0.15, -0.1) is 0 Å². The number of morpholine rings is 1. The Morgan fingerprint density at radius 2 is 1.73 bits per heavy atom. The van der Waals surface area contributed by atoms with Gasteiger partial charge in [0.2, 0.25) is 0 Å². The Hall–Kier alpha value is -2.17. The molecule has 1 fully saturated rings. The molecule has 0 N–H and O–H groups in total. The highest BCUT2D eigenvalue weighted by Gasteiger charge is 2.10. The molecule has 1 aliphatic heterocycles. The number of hydrogen-bond acceptors (Lipinski definition) is 3. The Kier molecular flexibility index (Phi) is 3.62. The Balaban J connectivity index is 1.53. The summed E-state index contributed by atoms with van der Waals surface area (Å²) >= 11 is 0. The molecule has 4 heteroatoms. The third-order valence-corrected chi connectivity index (χ3v) is 4.12. The minimum Gasteiger partial charge on any atom is -0.379 e. The van der Waals surface area contributed by atoms with E-state index in [2.05, 4.69) is 46.5 Å². The normalized spacial score (nSPS) is 16.2. The molecule has 1 aromatic heterocycles. The van der Waals surface area contributed by atoms with Gasteiger partial charge in [0.15, 0.2) is 0 Å². The lowest BCUT2D eigenvalue weighted by Crippen LogP contribution is -2.35.